The quantitative estimate of drug-likeness (QED) is 0.0421. The van der Waals surface area contributed by atoms with Crippen LogP contribution in [0.15, 0.2) is 0 Å². The van der Waals surface area contributed by atoms with Crippen molar-refractivity contribution in [3.63, 3.8) is 0 Å². The molecule has 0 heterocycles. The van der Waals surface area contributed by atoms with E-state index >= 15 is 0 Å². The zero-order valence-corrected chi connectivity index (χ0v) is 48.4. The first-order chi connectivity index (χ1) is 28.9. The third-order valence-electron chi connectivity index (χ3n) is 13.1. The summed E-state index contributed by atoms with van der Waals surface area (Å²) < 4.78 is 0. The van der Waals surface area contributed by atoms with Gasteiger partial charge in [-0.1, -0.05) is 222 Å². The minimum atomic E-state index is -2.49. The molecule has 0 aliphatic rings. The molecule has 60 heavy (non-hydrogen) atoms. The van der Waals surface area contributed by atoms with Crippen molar-refractivity contribution in [2.24, 2.45) is 0 Å². The fraction of sp³-hybridized carbons (Fsp3) is 1.00. The summed E-state index contributed by atoms with van der Waals surface area (Å²) in [4.78, 5) is 0. The summed E-state index contributed by atoms with van der Waals surface area (Å²) in [5.41, 5.74) is 0. The van der Waals surface area contributed by atoms with Crippen molar-refractivity contribution in [3.8, 4) is 0 Å². The van der Waals surface area contributed by atoms with E-state index in [2.05, 4.69) is 55.1 Å². The first kappa shape index (κ1) is 66.8. The van der Waals surface area contributed by atoms with E-state index in [1.54, 1.807) is 49.6 Å². The predicted octanol–water partition coefficient (Wildman–Crippen LogP) is 23.4. The Morgan fingerprint density at radius 1 is 0.233 bits per heavy atom. The topological polar surface area (TPSA) is 0 Å². The summed E-state index contributed by atoms with van der Waals surface area (Å²) in [6.07, 6.45) is 67.2. The molecule has 0 nitrogen and oxygen atoms in total. The van der Waals surface area contributed by atoms with Crippen molar-refractivity contribution < 1.29 is 9.01 Å². The van der Waals surface area contributed by atoms with Gasteiger partial charge < -0.3 is 0 Å². The van der Waals surface area contributed by atoms with Crippen molar-refractivity contribution in [2.75, 3.05) is 49.8 Å². The van der Waals surface area contributed by atoms with Gasteiger partial charge in [0.1, 0.15) is 0 Å². The van der Waals surface area contributed by atoms with Crippen molar-refractivity contribution in [3.05, 3.63) is 0 Å². The van der Waals surface area contributed by atoms with Crippen LogP contribution in [-0.4, -0.2) is 49.8 Å². The van der Waals surface area contributed by atoms with E-state index in [4.69, 9.17) is 40.6 Å². The fourth-order valence-electron chi connectivity index (χ4n) is 8.95. The molecule has 0 N–H and O–H groups in total. The van der Waals surface area contributed by atoms with Crippen molar-refractivity contribution >= 4 is 55.1 Å². The molecule has 0 aromatic rings. The van der Waals surface area contributed by atoms with Crippen LogP contribution in [0.25, 0.3) is 0 Å². The first-order valence-corrected chi connectivity index (χ1v) is 38.2. The maximum atomic E-state index is 4.94. The molecule has 0 saturated heterocycles. The fourth-order valence-corrected chi connectivity index (χ4v) is 17.8. The number of unbranched alkanes of at least 4 members (excludes halogenated alkanes) is 31. The average Bonchev–Trinajstić information content (AvgIpc) is 3.22. The first-order valence-electron chi connectivity index (χ1n) is 27.1. The van der Waals surface area contributed by atoms with Crippen LogP contribution >= 0.6 is 55.1 Å². The molecule has 0 saturated carbocycles. The van der Waals surface area contributed by atoms with E-state index in [1.807, 2.05) is 0 Å². The summed E-state index contributed by atoms with van der Waals surface area (Å²) in [6, 6.07) is 0. The van der Waals surface area contributed by atoms with Crippen molar-refractivity contribution in [2.45, 2.75) is 292 Å². The van der Waals surface area contributed by atoms with Crippen LogP contribution in [0.5, 0.6) is 0 Å². The second kappa shape index (κ2) is 52.5. The van der Waals surface area contributed by atoms with E-state index in [1.165, 1.54) is 238 Å². The molecule has 0 aliphatic heterocycles. The van der Waals surface area contributed by atoms with Gasteiger partial charge in [-0.25, -0.2) is 0 Å². The normalized spacial score (nSPS) is 12.3. The molecular formula is C53H114Cl4CoP2. The van der Waals surface area contributed by atoms with Gasteiger partial charge in [-0.15, -0.1) is 0 Å². The molecule has 0 radical (unpaired) electrons. The molecule has 0 aromatic carbocycles. The van der Waals surface area contributed by atoms with Crippen molar-refractivity contribution in [1.82, 2.24) is 0 Å². The number of hydrogen-bond donors (Lipinski definition) is 0. The van der Waals surface area contributed by atoms with Gasteiger partial charge in [-0.2, -0.15) is 0 Å². The van der Waals surface area contributed by atoms with Gasteiger partial charge in [0.15, 0.2) is 0 Å². The Labute approximate surface area is 403 Å². The zero-order chi connectivity index (χ0) is 45.3. The maximum absolute atomic E-state index is 4.94. The number of halogens is 4. The molecule has 0 unspecified atom stereocenters. The van der Waals surface area contributed by atoms with Crippen molar-refractivity contribution in [1.29, 1.82) is 0 Å². The third kappa shape index (κ3) is 56.7. The van der Waals surface area contributed by atoms with E-state index in [9.17, 15) is 0 Å². The average molecular weight is 1010 g/mol. The molecule has 0 rings (SSSR count). The summed E-state index contributed by atoms with van der Waals surface area (Å²) >= 11 is 0. The Hall–Kier alpha value is 2.53. The van der Waals surface area contributed by atoms with Gasteiger partial charge in [-0.05, 0) is 70.6 Å². The SMILES string of the molecule is CCCCCCCCCCCCCCCC[P+](CCCC)(CCCC)CCCC.CCCCCCCC[P+](C)(CCCCCCCC)CCCCCCCC.[Cl][Co-2]([Cl])([Cl])[Cl]. The van der Waals surface area contributed by atoms with E-state index < -0.39 is 23.5 Å². The standard InChI is InChI=1S/C28H60P.C25H54P.4ClH.Co/c1-5-9-13-14-15-16-17-18-19-20-21-22-23-24-28-29(25-10-6-2,26-11-7-3)27-12-8-4;1-5-8-11-14-17-20-23-26(4,24-21-18-15-12-9-6-2)25-22-19-16-13-10-7-3;;;;;/h5-28H2,1-4H3;5-25H2,1-4H3;4*1H;/q2*+1;;;;;+2/p-4. The predicted molar refractivity (Wildman–Crippen MR) is 292 cm³/mol. The Balaban J connectivity index is -0.000000975. The van der Waals surface area contributed by atoms with Crippen LogP contribution in [0, 0.1) is 0 Å². The van der Waals surface area contributed by atoms with E-state index in [-0.39, 0.29) is 0 Å². The Bertz CT molecular complexity index is 712. The van der Waals surface area contributed by atoms with Gasteiger partial charge in [0.2, 0.25) is 0 Å². The van der Waals surface area contributed by atoms with E-state index in [0.717, 1.165) is 0 Å². The minimum absolute atomic E-state index is 0.630. The van der Waals surface area contributed by atoms with Crippen LogP contribution in [0.4, 0.5) is 0 Å². The van der Waals surface area contributed by atoms with Gasteiger partial charge >= 0.3 is 49.6 Å². The molecule has 7 heteroatoms. The second-order valence-corrected chi connectivity index (χ2v) is 38.6. The molecule has 373 valence electrons. The number of rotatable bonds is 45. The van der Waals surface area contributed by atoms with Gasteiger partial charge in [-0.3, -0.25) is 0 Å². The Morgan fingerprint density at radius 2 is 0.383 bits per heavy atom. The molecule has 0 atom stereocenters. The van der Waals surface area contributed by atoms with Crippen LogP contribution in [0.2, 0.25) is 0 Å². The van der Waals surface area contributed by atoms with Crippen LogP contribution in [0.1, 0.15) is 292 Å². The zero-order valence-electron chi connectivity index (χ0n) is 42.6. The van der Waals surface area contributed by atoms with Gasteiger partial charge in [0.25, 0.3) is 0 Å². The summed E-state index contributed by atoms with van der Waals surface area (Å²) in [5.74, 6) is 0. The molecule has 0 bridgehead atoms. The summed E-state index contributed by atoms with van der Waals surface area (Å²) in [7, 11) is 16.0. The molecule has 0 aliphatic carbocycles. The molecular weight excluding hydrogens is 899 g/mol. The summed E-state index contributed by atoms with van der Waals surface area (Å²) in [5, 5.41) is 0. The van der Waals surface area contributed by atoms with Crippen LogP contribution < -0.4 is 0 Å². The van der Waals surface area contributed by atoms with Crippen LogP contribution in [0.3, 0.4) is 0 Å². The Kier molecular flexibility index (Phi) is 58.4. The van der Waals surface area contributed by atoms with Gasteiger partial charge in [0.05, 0.1) is 43.1 Å². The Morgan fingerprint density at radius 3 is 0.583 bits per heavy atom. The summed E-state index contributed by atoms with van der Waals surface area (Å²) in [6.45, 7) is 19.2. The monoisotopic (exact) mass is 1010 g/mol. The molecule has 0 fully saturated rings. The third-order valence-corrected chi connectivity index (χ3v) is 22.3. The molecule has 0 amide bonds. The van der Waals surface area contributed by atoms with Gasteiger partial charge in [0, 0.05) is 21.2 Å². The van der Waals surface area contributed by atoms with Crippen LogP contribution in [-0.2, 0) is 9.01 Å². The van der Waals surface area contributed by atoms with E-state index in [0.29, 0.717) is 0 Å². The second-order valence-electron chi connectivity index (χ2n) is 19.3. The molecule has 0 spiro atoms. The number of hydrogen-bond acceptors (Lipinski definition) is 0. The molecule has 0 aromatic heterocycles.